The topological polar surface area (TPSA) is 72.9 Å². The average molecular weight is 373 g/mol. The van der Waals surface area contributed by atoms with Gasteiger partial charge in [0.15, 0.2) is 0 Å². The summed E-state index contributed by atoms with van der Waals surface area (Å²) in [5, 5.41) is 12.2. The standard InChI is InChI=1S/C21H31N3O3/c1-15-13-24(16(2)12-23(15)14-17-6-4-3-5-7-17)21(27)22-19-10-8-18(9-11-19)20(25)26/h3-7,15-16,18-19H,8-14H2,1-2H3,(H,22,27)(H,25,26). The Morgan fingerprint density at radius 3 is 2.33 bits per heavy atom. The number of nitrogens with one attached hydrogen (secondary N) is 1. The molecule has 6 nitrogen and oxygen atoms in total. The van der Waals surface area contributed by atoms with Gasteiger partial charge in [0.2, 0.25) is 0 Å². The fourth-order valence-corrected chi connectivity index (χ4v) is 4.26. The lowest BCUT2D eigenvalue weighted by Crippen LogP contribution is -2.60. The number of nitrogens with zero attached hydrogens (tertiary/aromatic N) is 2. The molecule has 2 unspecified atom stereocenters. The molecule has 2 aliphatic rings. The summed E-state index contributed by atoms with van der Waals surface area (Å²) in [4.78, 5) is 28.2. The first-order valence-electron chi connectivity index (χ1n) is 10.0. The molecule has 1 saturated carbocycles. The number of urea groups is 1. The van der Waals surface area contributed by atoms with Crippen LogP contribution in [0.1, 0.15) is 45.1 Å². The molecule has 2 amide bonds. The van der Waals surface area contributed by atoms with Crippen molar-refractivity contribution in [2.45, 2.75) is 64.2 Å². The number of carbonyl (C=O) groups excluding carboxylic acids is 1. The number of carboxylic acid groups (broad SMARTS) is 1. The second-order valence-electron chi connectivity index (χ2n) is 8.10. The Labute approximate surface area is 161 Å². The van der Waals surface area contributed by atoms with Crippen LogP contribution >= 0.6 is 0 Å². The fraction of sp³-hybridized carbons (Fsp3) is 0.619. The molecule has 1 saturated heterocycles. The predicted octanol–water partition coefficient (Wildman–Crippen LogP) is 2.93. The molecule has 148 valence electrons. The highest BCUT2D eigenvalue weighted by atomic mass is 16.4. The minimum Gasteiger partial charge on any atom is -0.481 e. The van der Waals surface area contributed by atoms with Gasteiger partial charge in [0.05, 0.1) is 5.92 Å². The number of carboxylic acids is 1. The van der Waals surface area contributed by atoms with E-state index in [0.29, 0.717) is 25.4 Å². The third-order valence-electron chi connectivity index (χ3n) is 6.01. The SMILES string of the molecule is CC1CN(C(=O)NC2CCC(C(=O)O)CC2)C(C)CN1Cc1ccccc1. The molecule has 2 atom stereocenters. The summed E-state index contributed by atoms with van der Waals surface area (Å²) in [6, 6.07) is 11.0. The first kappa shape index (κ1) is 19.7. The lowest BCUT2D eigenvalue weighted by atomic mass is 9.86. The van der Waals surface area contributed by atoms with Crippen LogP contribution in [0.2, 0.25) is 0 Å². The van der Waals surface area contributed by atoms with E-state index in [1.165, 1.54) is 5.56 Å². The molecule has 1 aromatic carbocycles. The van der Waals surface area contributed by atoms with E-state index in [9.17, 15) is 9.59 Å². The van der Waals surface area contributed by atoms with E-state index < -0.39 is 5.97 Å². The molecular formula is C21H31N3O3. The Kier molecular flexibility index (Phi) is 6.37. The number of piperazine rings is 1. The Hall–Kier alpha value is -2.08. The molecular weight excluding hydrogens is 342 g/mol. The number of aliphatic carboxylic acids is 1. The van der Waals surface area contributed by atoms with E-state index >= 15 is 0 Å². The summed E-state index contributed by atoms with van der Waals surface area (Å²) < 4.78 is 0. The third-order valence-corrected chi connectivity index (χ3v) is 6.01. The maximum atomic E-state index is 12.8. The minimum absolute atomic E-state index is 0.00696. The maximum Gasteiger partial charge on any atom is 0.317 e. The van der Waals surface area contributed by atoms with Crippen LogP contribution in [0.5, 0.6) is 0 Å². The molecule has 1 aliphatic carbocycles. The highest BCUT2D eigenvalue weighted by Crippen LogP contribution is 2.25. The number of carbonyl (C=O) groups is 2. The normalized spacial score (nSPS) is 29.3. The van der Waals surface area contributed by atoms with Crippen molar-refractivity contribution in [2.24, 2.45) is 5.92 Å². The van der Waals surface area contributed by atoms with E-state index in [0.717, 1.165) is 25.9 Å². The Morgan fingerprint density at radius 2 is 1.70 bits per heavy atom. The highest BCUT2D eigenvalue weighted by Gasteiger charge is 2.33. The van der Waals surface area contributed by atoms with Crippen LogP contribution in [-0.4, -0.2) is 58.1 Å². The van der Waals surface area contributed by atoms with Crippen molar-refractivity contribution >= 4 is 12.0 Å². The van der Waals surface area contributed by atoms with Gasteiger partial charge in [0, 0.05) is 37.8 Å². The summed E-state index contributed by atoms with van der Waals surface area (Å²) in [6.07, 6.45) is 2.80. The number of benzene rings is 1. The summed E-state index contributed by atoms with van der Waals surface area (Å²) in [5.74, 6) is -0.963. The van der Waals surface area contributed by atoms with Crippen molar-refractivity contribution in [3.63, 3.8) is 0 Å². The van der Waals surface area contributed by atoms with Crippen molar-refractivity contribution < 1.29 is 14.7 Å². The van der Waals surface area contributed by atoms with Gasteiger partial charge < -0.3 is 15.3 Å². The molecule has 1 aromatic rings. The molecule has 2 N–H and O–H groups in total. The quantitative estimate of drug-likeness (QED) is 0.851. The Bertz CT molecular complexity index is 643. The first-order valence-corrected chi connectivity index (χ1v) is 10.0. The van der Waals surface area contributed by atoms with Gasteiger partial charge in [-0.15, -0.1) is 0 Å². The molecule has 0 aromatic heterocycles. The lowest BCUT2D eigenvalue weighted by Gasteiger charge is -2.44. The number of hydrogen-bond acceptors (Lipinski definition) is 3. The van der Waals surface area contributed by atoms with E-state index in [-0.39, 0.29) is 24.0 Å². The molecule has 1 aliphatic heterocycles. The molecule has 0 bridgehead atoms. The van der Waals surface area contributed by atoms with Crippen molar-refractivity contribution in [1.82, 2.24) is 15.1 Å². The number of amides is 2. The second kappa shape index (κ2) is 8.74. The van der Waals surface area contributed by atoms with Gasteiger partial charge in [-0.05, 0) is 45.1 Å². The van der Waals surface area contributed by atoms with Crippen LogP contribution in [0.25, 0.3) is 0 Å². The highest BCUT2D eigenvalue weighted by molar-refractivity contribution is 5.75. The molecule has 6 heteroatoms. The van der Waals surface area contributed by atoms with Crippen LogP contribution in [0.3, 0.4) is 0 Å². The van der Waals surface area contributed by atoms with Crippen molar-refractivity contribution in [1.29, 1.82) is 0 Å². The van der Waals surface area contributed by atoms with E-state index in [1.54, 1.807) is 0 Å². The summed E-state index contributed by atoms with van der Waals surface area (Å²) >= 11 is 0. The van der Waals surface area contributed by atoms with Gasteiger partial charge in [0.1, 0.15) is 0 Å². The number of rotatable bonds is 4. The average Bonchev–Trinajstić information content (AvgIpc) is 2.65. The minimum atomic E-state index is -0.711. The smallest absolute Gasteiger partial charge is 0.317 e. The van der Waals surface area contributed by atoms with Crippen molar-refractivity contribution in [2.75, 3.05) is 13.1 Å². The van der Waals surface area contributed by atoms with Gasteiger partial charge >= 0.3 is 12.0 Å². The zero-order chi connectivity index (χ0) is 19.4. The van der Waals surface area contributed by atoms with Crippen molar-refractivity contribution in [3.8, 4) is 0 Å². The third kappa shape index (κ3) is 5.01. The van der Waals surface area contributed by atoms with Gasteiger partial charge in [-0.3, -0.25) is 9.69 Å². The van der Waals surface area contributed by atoms with Gasteiger partial charge in [-0.1, -0.05) is 30.3 Å². The fourth-order valence-electron chi connectivity index (χ4n) is 4.26. The molecule has 3 rings (SSSR count). The first-order chi connectivity index (χ1) is 12.9. The van der Waals surface area contributed by atoms with E-state index in [2.05, 4.69) is 48.3 Å². The Balaban J connectivity index is 1.51. The predicted molar refractivity (Wildman–Crippen MR) is 104 cm³/mol. The van der Waals surface area contributed by atoms with Crippen LogP contribution in [0.4, 0.5) is 4.79 Å². The summed E-state index contributed by atoms with van der Waals surface area (Å²) in [7, 11) is 0. The molecule has 0 spiro atoms. The van der Waals surface area contributed by atoms with E-state index in [1.807, 2.05) is 11.0 Å². The van der Waals surface area contributed by atoms with Crippen LogP contribution in [-0.2, 0) is 11.3 Å². The van der Waals surface area contributed by atoms with Crippen LogP contribution < -0.4 is 5.32 Å². The molecule has 27 heavy (non-hydrogen) atoms. The molecule has 2 fully saturated rings. The summed E-state index contributed by atoms with van der Waals surface area (Å²) in [5.41, 5.74) is 1.30. The largest absolute Gasteiger partial charge is 0.481 e. The maximum absolute atomic E-state index is 12.8. The molecule has 0 radical (unpaired) electrons. The lowest BCUT2D eigenvalue weighted by molar-refractivity contribution is -0.142. The van der Waals surface area contributed by atoms with Crippen LogP contribution in [0, 0.1) is 5.92 Å². The second-order valence-corrected chi connectivity index (χ2v) is 8.10. The van der Waals surface area contributed by atoms with Gasteiger partial charge in [0.25, 0.3) is 0 Å². The van der Waals surface area contributed by atoms with Gasteiger partial charge in [-0.2, -0.15) is 0 Å². The molecule has 1 heterocycles. The van der Waals surface area contributed by atoms with Crippen molar-refractivity contribution in [3.05, 3.63) is 35.9 Å². The zero-order valence-corrected chi connectivity index (χ0v) is 16.3. The van der Waals surface area contributed by atoms with Gasteiger partial charge in [-0.25, -0.2) is 4.79 Å². The zero-order valence-electron chi connectivity index (χ0n) is 16.3. The van der Waals surface area contributed by atoms with Crippen LogP contribution in [0.15, 0.2) is 30.3 Å². The summed E-state index contributed by atoms with van der Waals surface area (Å²) in [6.45, 7) is 6.75. The number of hydrogen-bond donors (Lipinski definition) is 2. The Morgan fingerprint density at radius 1 is 1.04 bits per heavy atom. The van der Waals surface area contributed by atoms with E-state index in [4.69, 9.17) is 5.11 Å². The monoisotopic (exact) mass is 373 g/mol.